The van der Waals surface area contributed by atoms with Crippen LogP contribution < -0.4 is 4.90 Å². The molecule has 2 rings (SSSR count). The van der Waals surface area contributed by atoms with E-state index in [1.807, 2.05) is 0 Å². The van der Waals surface area contributed by atoms with E-state index in [1.165, 1.54) is 11.0 Å². The number of carbonyl (C=O) groups excluding carboxylic acids is 2. The molecule has 1 aromatic rings. The topological polar surface area (TPSA) is 74.8 Å². The minimum Gasteiger partial charge on any atom is -0.339 e. The van der Waals surface area contributed by atoms with E-state index in [0.717, 1.165) is 24.0 Å². The van der Waals surface area contributed by atoms with Crippen molar-refractivity contribution in [2.24, 2.45) is 0 Å². The number of nitrogens with zero attached hydrogens (tertiary/aromatic N) is 2. The summed E-state index contributed by atoms with van der Waals surface area (Å²) in [5, 5.41) is 0. The molecule has 26 heavy (non-hydrogen) atoms. The van der Waals surface area contributed by atoms with Crippen LogP contribution in [0.1, 0.15) is 26.7 Å². The molecule has 0 aliphatic carbocycles. The van der Waals surface area contributed by atoms with Gasteiger partial charge in [0.2, 0.25) is 11.8 Å². The first-order valence-electron chi connectivity index (χ1n) is 8.38. The van der Waals surface area contributed by atoms with Crippen molar-refractivity contribution in [3.8, 4) is 0 Å². The Labute approximate surface area is 151 Å². The Balaban J connectivity index is 2.11. The van der Waals surface area contributed by atoms with E-state index >= 15 is 0 Å². The van der Waals surface area contributed by atoms with Crippen molar-refractivity contribution in [2.45, 2.75) is 32.7 Å². The van der Waals surface area contributed by atoms with Crippen LogP contribution in [0, 0.1) is 11.6 Å². The van der Waals surface area contributed by atoms with Crippen LogP contribution in [0.2, 0.25) is 0 Å². The maximum Gasteiger partial charge on any atom is 0.224 e. The van der Waals surface area contributed by atoms with Crippen LogP contribution in [0.25, 0.3) is 0 Å². The van der Waals surface area contributed by atoms with Crippen LogP contribution in [0.5, 0.6) is 0 Å². The van der Waals surface area contributed by atoms with Crippen LogP contribution in [-0.2, 0) is 19.4 Å². The molecule has 6 nitrogen and oxygen atoms in total. The molecule has 0 aromatic heterocycles. The number of amides is 2. The fourth-order valence-electron chi connectivity index (χ4n) is 3.18. The van der Waals surface area contributed by atoms with Crippen molar-refractivity contribution in [3.63, 3.8) is 0 Å². The van der Waals surface area contributed by atoms with Crippen LogP contribution in [0.3, 0.4) is 0 Å². The van der Waals surface area contributed by atoms with E-state index in [1.54, 1.807) is 6.92 Å². The van der Waals surface area contributed by atoms with Gasteiger partial charge in [0, 0.05) is 32.5 Å². The average molecular weight is 388 g/mol. The summed E-state index contributed by atoms with van der Waals surface area (Å²) in [6.45, 7) is 3.04. The highest BCUT2D eigenvalue weighted by molar-refractivity contribution is 7.91. The molecular weight excluding hydrogens is 366 g/mol. The van der Waals surface area contributed by atoms with E-state index in [2.05, 4.69) is 0 Å². The lowest BCUT2D eigenvalue weighted by Gasteiger charge is -2.28. The zero-order chi connectivity index (χ0) is 19.5. The Morgan fingerprint density at radius 2 is 1.85 bits per heavy atom. The third-order valence-corrected chi connectivity index (χ3v) is 6.20. The minimum atomic E-state index is -3.14. The Hall–Kier alpha value is -2.03. The van der Waals surface area contributed by atoms with Gasteiger partial charge in [-0.05, 0) is 25.5 Å². The lowest BCUT2D eigenvalue weighted by molar-refractivity contribution is -0.132. The van der Waals surface area contributed by atoms with Gasteiger partial charge in [0.1, 0.15) is 17.3 Å². The second-order valence-corrected chi connectivity index (χ2v) is 8.46. The number of hydrogen-bond acceptors (Lipinski definition) is 4. The van der Waals surface area contributed by atoms with Gasteiger partial charge in [-0.2, -0.15) is 0 Å². The molecule has 144 valence electrons. The molecule has 0 spiro atoms. The van der Waals surface area contributed by atoms with Gasteiger partial charge in [0.25, 0.3) is 0 Å². The highest BCUT2D eigenvalue weighted by Gasteiger charge is 2.34. The van der Waals surface area contributed by atoms with E-state index in [4.69, 9.17) is 0 Å². The van der Waals surface area contributed by atoms with Gasteiger partial charge in [-0.15, -0.1) is 0 Å². The lowest BCUT2D eigenvalue weighted by Crippen LogP contribution is -2.43. The number of carbonyl (C=O) groups is 2. The second kappa shape index (κ2) is 8.11. The van der Waals surface area contributed by atoms with Gasteiger partial charge in [-0.25, -0.2) is 17.2 Å². The third kappa shape index (κ3) is 4.57. The molecule has 1 aliphatic heterocycles. The number of anilines is 1. The number of benzene rings is 1. The molecule has 1 saturated heterocycles. The lowest BCUT2D eigenvalue weighted by atomic mass is 10.2. The number of sulfone groups is 1. The van der Waals surface area contributed by atoms with Gasteiger partial charge in [0.05, 0.1) is 11.5 Å². The summed E-state index contributed by atoms with van der Waals surface area (Å²) in [5.74, 6) is -2.75. The van der Waals surface area contributed by atoms with Crippen molar-refractivity contribution in [1.29, 1.82) is 0 Å². The van der Waals surface area contributed by atoms with Gasteiger partial charge in [-0.3, -0.25) is 9.59 Å². The summed E-state index contributed by atoms with van der Waals surface area (Å²) < 4.78 is 51.1. The van der Waals surface area contributed by atoms with Crippen LogP contribution in [0.4, 0.5) is 14.5 Å². The molecule has 1 heterocycles. The fourth-order valence-corrected chi connectivity index (χ4v) is 4.91. The van der Waals surface area contributed by atoms with Crippen LogP contribution >= 0.6 is 0 Å². The molecule has 1 aliphatic rings. The Kier molecular flexibility index (Phi) is 6.33. The summed E-state index contributed by atoms with van der Waals surface area (Å²) >= 11 is 0. The minimum absolute atomic E-state index is 0.0431. The standard InChI is InChI=1S/C17H22F2N2O4S/c1-3-20(13-8-10-26(24,25)11-13)16(23)7-9-21(12(2)22)17-14(18)5-4-6-15(17)19/h4-6,13H,3,7-11H2,1-2H3. The summed E-state index contributed by atoms with van der Waals surface area (Å²) in [6.07, 6.45) is 0.220. The van der Waals surface area contributed by atoms with Gasteiger partial charge in [-0.1, -0.05) is 6.07 Å². The van der Waals surface area contributed by atoms with E-state index in [9.17, 15) is 26.8 Å². The van der Waals surface area contributed by atoms with Crippen molar-refractivity contribution < 1.29 is 26.8 Å². The van der Waals surface area contributed by atoms with Crippen molar-refractivity contribution in [2.75, 3.05) is 29.5 Å². The Bertz CT molecular complexity index is 778. The Morgan fingerprint density at radius 1 is 1.23 bits per heavy atom. The van der Waals surface area contributed by atoms with Gasteiger partial charge < -0.3 is 9.80 Å². The molecule has 1 atom stereocenters. The molecule has 2 amide bonds. The predicted molar refractivity (Wildman–Crippen MR) is 93.4 cm³/mol. The summed E-state index contributed by atoms with van der Waals surface area (Å²) in [4.78, 5) is 26.7. The monoisotopic (exact) mass is 388 g/mol. The normalized spacial score (nSPS) is 18.5. The first kappa shape index (κ1) is 20.3. The van der Waals surface area contributed by atoms with Crippen LogP contribution in [-0.4, -0.2) is 55.8 Å². The maximum atomic E-state index is 13.9. The summed E-state index contributed by atoms with van der Waals surface area (Å²) in [5.41, 5.74) is -0.487. The van der Waals surface area contributed by atoms with E-state index in [0.29, 0.717) is 13.0 Å². The number of para-hydroxylation sites is 1. The van der Waals surface area contributed by atoms with Gasteiger partial charge in [0.15, 0.2) is 9.84 Å². The van der Waals surface area contributed by atoms with Crippen molar-refractivity contribution in [1.82, 2.24) is 4.90 Å². The first-order valence-corrected chi connectivity index (χ1v) is 10.2. The average Bonchev–Trinajstić information content (AvgIpc) is 2.90. The fraction of sp³-hybridized carbons (Fsp3) is 0.529. The molecular formula is C17H22F2N2O4S. The zero-order valence-corrected chi connectivity index (χ0v) is 15.6. The molecule has 0 bridgehead atoms. The molecule has 0 radical (unpaired) electrons. The number of hydrogen-bond donors (Lipinski definition) is 0. The SMILES string of the molecule is CCN(C(=O)CCN(C(C)=O)c1c(F)cccc1F)C1CCS(=O)(=O)C1. The molecule has 1 fully saturated rings. The smallest absolute Gasteiger partial charge is 0.224 e. The zero-order valence-electron chi connectivity index (χ0n) is 14.7. The van der Waals surface area contributed by atoms with E-state index in [-0.39, 0.29) is 30.4 Å². The molecule has 1 unspecified atom stereocenters. The van der Waals surface area contributed by atoms with E-state index < -0.39 is 39.1 Å². The molecule has 0 N–H and O–H groups in total. The highest BCUT2D eigenvalue weighted by atomic mass is 32.2. The van der Waals surface area contributed by atoms with Crippen molar-refractivity contribution >= 4 is 27.3 Å². The Morgan fingerprint density at radius 3 is 2.31 bits per heavy atom. The first-order chi connectivity index (χ1) is 12.2. The largest absolute Gasteiger partial charge is 0.339 e. The highest BCUT2D eigenvalue weighted by Crippen LogP contribution is 2.24. The summed E-state index contributed by atoms with van der Waals surface area (Å²) in [6, 6.07) is 2.88. The maximum absolute atomic E-state index is 13.9. The predicted octanol–water partition coefficient (Wildman–Crippen LogP) is 1.74. The van der Waals surface area contributed by atoms with Crippen molar-refractivity contribution in [3.05, 3.63) is 29.8 Å². The molecule has 9 heteroatoms. The van der Waals surface area contributed by atoms with Crippen LogP contribution in [0.15, 0.2) is 18.2 Å². The third-order valence-electron chi connectivity index (χ3n) is 4.45. The quantitative estimate of drug-likeness (QED) is 0.744. The molecule has 0 saturated carbocycles. The van der Waals surface area contributed by atoms with Gasteiger partial charge >= 0.3 is 0 Å². The second-order valence-electron chi connectivity index (χ2n) is 6.23. The number of rotatable bonds is 6. The number of halogens is 2. The molecule has 1 aromatic carbocycles. The summed E-state index contributed by atoms with van der Waals surface area (Å²) in [7, 11) is -3.14.